The molecule has 0 N–H and O–H groups in total. The summed E-state index contributed by atoms with van der Waals surface area (Å²) in [5, 5.41) is 0. The smallest absolute Gasteiger partial charge is 0.0178 e. The number of thiol groups is 1. The molecule has 0 aromatic carbocycles. The minimum atomic E-state index is 0.826. The Morgan fingerprint density at radius 3 is 2.33 bits per heavy atom. The number of rotatable bonds is 2. The standard InChI is InChI=1S/C4H11PS/c1-3-4(2)5-6/h4-6H,3H2,1-2H3/t4-/m0/s1. The molecule has 1 unspecified atom stereocenters. The molecular formula is C4H11PS. The molecule has 0 nitrogen and oxygen atoms in total. The molecule has 0 amide bonds. The lowest BCUT2D eigenvalue weighted by atomic mass is 10.4. The van der Waals surface area contributed by atoms with Crippen LogP contribution in [-0.4, -0.2) is 5.66 Å². The lowest BCUT2D eigenvalue weighted by Crippen LogP contribution is -1.83. The van der Waals surface area contributed by atoms with Crippen LogP contribution < -0.4 is 0 Å². The average Bonchev–Trinajstić information content (AvgIpc) is 1.65. The molecule has 0 rings (SSSR count). The molecule has 6 heavy (non-hydrogen) atoms. The van der Waals surface area contributed by atoms with E-state index in [-0.39, 0.29) is 0 Å². The molecule has 0 heterocycles. The summed E-state index contributed by atoms with van der Waals surface area (Å²) in [5.74, 6) is 0. The molecule has 0 aliphatic heterocycles. The largest absolute Gasteiger partial charge is 0.154 e. The van der Waals surface area contributed by atoms with E-state index >= 15 is 0 Å². The highest BCUT2D eigenvalue weighted by atomic mass is 32.7. The highest BCUT2D eigenvalue weighted by Crippen LogP contribution is 2.24. The second-order valence-corrected chi connectivity index (χ2v) is 3.46. The highest BCUT2D eigenvalue weighted by molar-refractivity contribution is 8.38. The molecule has 0 fully saturated rings. The summed E-state index contributed by atoms with van der Waals surface area (Å²) in [6.07, 6.45) is 1.27. The zero-order chi connectivity index (χ0) is 4.99. The Morgan fingerprint density at radius 1 is 1.83 bits per heavy atom. The second kappa shape index (κ2) is 3.95. The predicted molar refractivity (Wildman–Crippen MR) is 37.1 cm³/mol. The van der Waals surface area contributed by atoms with Crippen LogP contribution in [0.3, 0.4) is 0 Å². The van der Waals surface area contributed by atoms with E-state index in [9.17, 15) is 0 Å². The van der Waals surface area contributed by atoms with Crippen LogP contribution in [0.25, 0.3) is 0 Å². The minimum Gasteiger partial charge on any atom is -0.154 e. The van der Waals surface area contributed by atoms with Gasteiger partial charge in [0.2, 0.25) is 0 Å². The molecule has 0 bridgehead atoms. The van der Waals surface area contributed by atoms with Crippen molar-refractivity contribution in [2.24, 2.45) is 0 Å². The predicted octanol–water partition coefficient (Wildman–Crippen LogP) is 2.31. The van der Waals surface area contributed by atoms with Gasteiger partial charge in [0.25, 0.3) is 0 Å². The van der Waals surface area contributed by atoms with Gasteiger partial charge < -0.3 is 0 Å². The molecule has 0 radical (unpaired) electrons. The van der Waals surface area contributed by atoms with Gasteiger partial charge in [-0.25, -0.2) is 0 Å². The fourth-order valence-corrected chi connectivity index (χ4v) is 0.822. The van der Waals surface area contributed by atoms with Crippen molar-refractivity contribution in [2.45, 2.75) is 25.9 Å². The van der Waals surface area contributed by atoms with Crippen molar-refractivity contribution in [3.8, 4) is 0 Å². The molecular weight excluding hydrogens is 111 g/mol. The van der Waals surface area contributed by atoms with Crippen molar-refractivity contribution in [1.29, 1.82) is 0 Å². The van der Waals surface area contributed by atoms with E-state index < -0.39 is 0 Å². The number of hydrogen-bond donors (Lipinski definition) is 1. The second-order valence-electron chi connectivity index (χ2n) is 1.44. The van der Waals surface area contributed by atoms with E-state index in [1.165, 1.54) is 6.42 Å². The Bertz CT molecular complexity index is 26.7. The summed E-state index contributed by atoms with van der Waals surface area (Å²) >= 11 is 4.12. The molecule has 38 valence electrons. The Hall–Kier alpha value is 0.780. The van der Waals surface area contributed by atoms with Crippen LogP contribution in [0.2, 0.25) is 0 Å². The zero-order valence-corrected chi connectivity index (χ0v) is 6.13. The van der Waals surface area contributed by atoms with E-state index in [1.54, 1.807) is 0 Å². The minimum absolute atomic E-state index is 0.826. The SMILES string of the molecule is CC[C@H](C)PS. The van der Waals surface area contributed by atoms with Gasteiger partial charge in [0.05, 0.1) is 0 Å². The molecule has 0 spiro atoms. The first-order chi connectivity index (χ1) is 2.81. The molecule has 2 atom stereocenters. The van der Waals surface area contributed by atoms with Crippen molar-refractivity contribution in [3.05, 3.63) is 0 Å². The third kappa shape index (κ3) is 2.99. The Morgan fingerprint density at radius 2 is 2.33 bits per heavy atom. The quantitative estimate of drug-likeness (QED) is 0.421. The molecule has 0 aromatic rings. The van der Waals surface area contributed by atoms with Gasteiger partial charge in [-0.2, -0.15) is 12.2 Å². The van der Waals surface area contributed by atoms with E-state index in [1.807, 2.05) is 0 Å². The topological polar surface area (TPSA) is 0 Å². The lowest BCUT2D eigenvalue weighted by Gasteiger charge is -1.98. The van der Waals surface area contributed by atoms with Crippen LogP contribution in [0.5, 0.6) is 0 Å². The summed E-state index contributed by atoms with van der Waals surface area (Å²) in [7, 11) is 0.826. The Kier molecular flexibility index (Phi) is 4.47. The van der Waals surface area contributed by atoms with Crippen LogP contribution >= 0.6 is 20.0 Å². The van der Waals surface area contributed by atoms with Gasteiger partial charge in [0, 0.05) is 0 Å². The van der Waals surface area contributed by atoms with Gasteiger partial charge in [-0.1, -0.05) is 21.6 Å². The monoisotopic (exact) mass is 122 g/mol. The Labute approximate surface area is 46.7 Å². The van der Waals surface area contributed by atoms with Crippen molar-refractivity contribution in [3.63, 3.8) is 0 Å². The summed E-state index contributed by atoms with van der Waals surface area (Å²) in [6.45, 7) is 4.40. The molecule has 2 heteroatoms. The van der Waals surface area contributed by atoms with Gasteiger partial charge >= 0.3 is 0 Å². The fraction of sp³-hybridized carbons (Fsp3) is 1.00. The highest BCUT2D eigenvalue weighted by Gasteiger charge is 1.89. The summed E-state index contributed by atoms with van der Waals surface area (Å²) in [4.78, 5) is 0. The van der Waals surface area contributed by atoms with Gasteiger partial charge in [-0.05, 0) is 12.1 Å². The van der Waals surface area contributed by atoms with Crippen LogP contribution in [0.4, 0.5) is 0 Å². The van der Waals surface area contributed by atoms with Crippen LogP contribution in [0, 0.1) is 0 Å². The summed E-state index contributed by atoms with van der Waals surface area (Å²) in [6, 6.07) is 0. The maximum Gasteiger partial charge on any atom is -0.0178 e. The van der Waals surface area contributed by atoms with Gasteiger partial charge in [0.1, 0.15) is 0 Å². The average molecular weight is 122 g/mol. The van der Waals surface area contributed by atoms with Crippen LogP contribution in [0.15, 0.2) is 0 Å². The molecule has 0 saturated heterocycles. The maximum atomic E-state index is 4.12. The Balaban J connectivity index is 2.75. The first kappa shape index (κ1) is 6.78. The normalized spacial score (nSPS) is 16.5. The zero-order valence-electron chi connectivity index (χ0n) is 4.23. The molecule has 0 aliphatic carbocycles. The lowest BCUT2D eigenvalue weighted by molar-refractivity contribution is 0.906. The molecule has 0 aliphatic rings. The van der Waals surface area contributed by atoms with E-state index in [0.717, 1.165) is 13.4 Å². The van der Waals surface area contributed by atoms with Crippen LogP contribution in [0.1, 0.15) is 20.3 Å². The van der Waals surface area contributed by atoms with Crippen molar-refractivity contribution >= 4 is 20.0 Å². The maximum absolute atomic E-state index is 4.12. The van der Waals surface area contributed by atoms with Gasteiger partial charge in [-0.15, -0.1) is 0 Å². The van der Waals surface area contributed by atoms with Crippen molar-refractivity contribution < 1.29 is 0 Å². The molecule has 0 saturated carbocycles. The number of hydrogen-bond acceptors (Lipinski definition) is 1. The van der Waals surface area contributed by atoms with E-state index in [0.29, 0.717) is 0 Å². The fourth-order valence-electron chi connectivity index (χ4n) is 0.0913. The summed E-state index contributed by atoms with van der Waals surface area (Å²) < 4.78 is 0. The first-order valence-corrected chi connectivity index (χ1v) is 4.57. The van der Waals surface area contributed by atoms with E-state index in [2.05, 4.69) is 26.1 Å². The van der Waals surface area contributed by atoms with Gasteiger partial charge in [-0.3, -0.25) is 0 Å². The third-order valence-corrected chi connectivity index (χ3v) is 3.00. The third-order valence-electron chi connectivity index (χ3n) is 0.833. The summed E-state index contributed by atoms with van der Waals surface area (Å²) in [5.41, 5.74) is 0.827. The van der Waals surface area contributed by atoms with Gasteiger partial charge in [0.15, 0.2) is 0 Å². The first-order valence-electron chi connectivity index (χ1n) is 2.20. The van der Waals surface area contributed by atoms with Crippen molar-refractivity contribution in [2.75, 3.05) is 0 Å². The van der Waals surface area contributed by atoms with Crippen LogP contribution in [-0.2, 0) is 0 Å². The van der Waals surface area contributed by atoms with E-state index in [4.69, 9.17) is 0 Å². The van der Waals surface area contributed by atoms with Crippen molar-refractivity contribution in [1.82, 2.24) is 0 Å². The molecule has 0 aromatic heterocycles.